The zero-order chi connectivity index (χ0) is 16.9. The summed E-state index contributed by atoms with van der Waals surface area (Å²) >= 11 is 2.69. The van der Waals surface area contributed by atoms with Gasteiger partial charge in [0.2, 0.25) is 5.91 Å². The Hall–Kier alpha value is -2.32. The van der Waals surface area contributed by atoms with E-state index in [1.807, 2.05) is 12.3 Å². The van der Waals surface area contributed by atoms with Gasteiger partial charge in [-0.15, -0.1) is 11.3 Å². The SMILES string of the molecule is CCOc1ccc(NC(=O)CSc2nc3sccn3c2C=O)cc1. The van der Waals surface area contributed by atoms with E-state index in [9.17, 15) is 9.59 Å². The smallest absolute Gasteiger partial charge is 0.234 e. The molecule has 0 aliphatic carbocycles. The highest BCUT2D eigenvalue weighted by molar-refractivity contribution is 8.00. The van der Waals surface area contributed by atoms with Crippen molar-refractivity contribution in [1.82, 2.24) is 9.38 Å². The fourth-order valence-corrected chi connectivity index (χ4v) is 3.69. The summed E-state index contributed by atoms with van der Waals surface area (Å²) < 4.78 is 7.08. The number of ether oxygens (including phenoxy) is 1. The summed E-state index contributed by atoms with van der Waals surface area (Å²) in [6, 6.07) is 7.19. The van der Waals surface area contributed by atoms with Gasteiger partial charge in [-0.1, -0.05) is 11.8 Å². The molecule has 1 amide bonds. The number of hydrogen-bond acceptors (Lipinski definition) is 6. The maximum atomic E-state index is 12.1. The lowest BCUT2D eigenvalue weighted by Crippen LogP contribution is -2.14. The van der Waals surface area contributed by atoms with Crippen LogP contribution in [0.1, 0.15) is 17.4 Å². The van der Waals surface area contributed by atoms with Crippen molar-refractivity contribution >= 4 is 45.9 Å². The fourth-order valence-electron chi connectivity index (χ4n) is 2.13. The van der Waals surface area contributed by atoms with E-state index in [0.717, 1.165) is 17.0 Å². The average Bonchev–Trinajstić information content (AvgIpc) is 3.15. The van der Waals surface area contributed by atoms with Crippen molar-refractivity contribution in [1.29, 1.82) is 0 Å². The molecule has 0 aliphatic rings. The van der Waals surface area contributed by atoms with Crippen LogP contribution in [-0.2, 0) is 4.79 Å². The van der Waals surface area contributed by atoms with Gasteiger partial charge in [0.1, 0.15) is 16.5 Å². The Morgan fingerprint density at radius 2 is 2.21 bits per heavy atom. The first-order valence-electron chi connectivity index (χ1n) is 7.27. The highest BCUT2D eigenvalue weighted by atomic mass is 32.2. The number of anilines is 1. The molecule has 0 spiro atoms. The van der Waals surface area contributed by atoms with E-state index >= 15 is 0 Å². The monoisotopic (exact) mass is 361 g/mol. The van der Waals surface area contributed by atoms with Crippen LogP contribution in [0.5, 0.6) is 5.75 Å². The highest BCUT2D eigenvalue weighted by Gasteiger charge is 2.14. The molecule has 6 nitrogen and oxygen atoms in total. The van der Waals surface area contributed by atoms with Gasteiger partial charge in [-0.3, -0.25) is 14.0 Å². The number of nitrogens with zero attached hydrogens (tertiary/aromatic N) is 2. The van der Waals surface area contributed by atoms with E-state index < -0.39 is 0 Å². The van der Waals surface area contributed by atoms with Gasteiger partial charge in [0, 0.05) is 17.3 Å². The number of imidazole rings is 1. The minimum atomic E-state index is -0.155. The number of aldehydes is 1. The molecular weight excluding hydrogens is 346 g/mol. The lowest BCUT2D eigenvalue weighted by molar-refractivity contribution is -0.113. The number of rotatable bonds is 7. The zero-order valence-corrected chi connectivity index (χ0v) is 14.5. The van der Waals surface area contributed by atoms with E-state index in [1.54, 1.807) is 34.9 Å². The molecule has 2 aromatic heterocycles. The van der Waals surface area contributed by atoms with E-state index in [2.05, 4.69) is 10.3 Å². The second-order valence-electron chi connectivity index (χ2n) is 4.77. The van der Waals surface area contributed by atoms with Gasteiger partial charge in [-0.2, -0.15) is 0 Å². The van der Waals surface area contributed by atoms with Crippen molar-refractivity contribution in [3.05, 3.63) is 41.5 Å². The van der Waals surface area contributed by atoms with E-state index in [-0.39, 0.29) is 11.7 Å². The van der Waals surface area contributed by atoms with Crippen LogP contribution in [0, 0.1) is 0 Å². The molecule has 1 aromatic carbocycles. The third-order valence-electron chi connectivity index (χ3n) is 3.17. The molecule has 0 saturated carbocycles. The summed E-state index contributed by atoms with van der Waals surface area (Å²) in [6.45, 7) is 2.52. The van der Waals surface area contributed by atoms with Crippen molar-refractivity contribution in [2.45, 2.75) is 11.9 Å². The van der Waals surface area contributed by atoms with Crippen LogP contribution in [-0.4, -0.2) is 33.9 Å². The van der Waals surface area contributed by atoms with Crippen molar-refractivity contribution in [3.8, 4) is 5.75 Å². The first-order chi connectivity index (χ1) is 11.7. The largest absolute Gasteiger partial charge is 0.494 e. The number of carbonyl (C=O) groups excluding carboxylic acids is 2. The van der Waals surface area contributed by atoms with Gasteiger partial charge >= 0.3 is 0 Å². The van der Waals surface area contributed by atoms with Crippen molar-refractivity contribution in [3.63, 3.8) is 0 Å². The van der Waals surface area contributed by atoms with Crippen LogP contribution in [0.3, 0.4) is 0 Å². The van der Waals surface area contributed by atoms with Crippen molar-refractivity contribution in [2.75, 3.05) is 17.7 Å². The molecule has 8 heteroatoms. The van der Waals surface area contributed by atoms with Gasteiger partial charge in [0.05, 0.1) is 12.4 Å². The number of hydrogen-bond donors (Lipinski definition) is 1. The number of nitrogens with one attached hydrogen (secondary N) is 1. The number of amides is 1. The molecule has 2 heterocycles. The molecule has 0 unspecified atom stereocenters. The molecule has 3 aromatic rings. The highest BCUT2D eigenvalue weighted by Crippen LogP contribution is 2.25. The quantitative estimate of drug-likeness (QED) is 0.516. The average molecular weight is 361 g/mol. The van der Waals surface area contributed by atoms with Gasteiger partial charge in [0.15, 0.2) is 11.2 Å². The predicted molar refractivity (Wildman–Crippen MR) is 95.4 cm³/mol. The van der Waals surface area contributed by atoms with Gasteiger partial charge < -0.3 is 10.1 Å². The van der Waals surface area contributed by atoms with Crippen LogP contribution < -0.4 is 10.1 Å². The Morgan fingerprint density at radius 3 is 2.92 bits per heavy atom. The number of aromatic nitrogens is 2. The first kappa shape index (κ1) is 16.5. The summed E-state index contributed by atoms with van der Waals surface area (Å²) in [5.41, 5.74) is 1.18. The van der Waals surface area contributed by atoms with Crippen LogP contribution >= 0.6 is 23.1 Å². The lowest BCUT2D eigenvalue weighted by atomic mass is 10.3. The minimum Gasteiger partial charge on any atom is -0.494 e. The summed E-state index contributed by atoms with van der Waals surface area (Å²) in [5.74, 6) is 0.787. The van der Waals surface area contributed by atoms with Gasteiger partial charge in [-0.25, -0.2) is 4.98 Å². The van der Waals surface area contributed by atoms with Gasteiger partial charge in [-0.05, 0) is 31.2 Å². The van der Waals surface area contributed by atoms with Crippen LogP contribution in [0.25, 0.3) is 4.96 Å². The normalized spacial score (nSPS) is 10.7. The first-order valence-corrected chi connectivity index (χ1v) is 9.14. The molecule has 124 valence electrons. The van der Waals surface area contributed by atoms with E-state index in [0.29, 0.717) is 23.0 Å². The third-order valence-corrected chi connectivity index (χ3v) is 4.90. The lowest BCUT2D eigenvalue weighted by Gasteiger charge is -2.06. The van der Waals surface area contributed by atoms with Crippen LogP contribution in [0.15, 0.2) is 40.9 Å². The fraction of sp³-hybridized carbons (Fsp3) is 0.188. The standard InChI is InChI=1S/C16H15N3O3S2/c1-2-22-12-5-3-11(4-6-12)17-14(21)10-24-15-13(9-20)19-7-8-23-16(19)18-15/h3-9H,2,10H2,1H3,(H,17,21). The minimum absolute atomic E-state index is 0.155. The molecule has 0 fully saturated rings. The number of thiazole rings is 1. The molecule has 3 rings (SSSR count). The molecule has 24 heavy (non-hydrogen) atoms. The summed E-state index contributed by atoms with van der Waals surface area (Å²) in [4.78, 5) is 28.4. The summed E-state index contributed by atoms with van der Waals surface area (Å²) in [5, 5.41) is 5.24. The molecule has 0 saturated heterocycles. The van der Waals surface area contributed by atoms with E-state index in [1.165, 1.54) is 23.1 Å². The number of carbonyl (C=O) groups is 2. The number of fused-ring (bicyclic) bond motifs is 1. The second kappa shape index (κ2) is 7.50. The Kier molecular flexibility index (Phi) is 5.17. The van der Waals surface area contributed by atoms with E-state index in [4.69, 9.17) is 4.74 Å². The topological polar surface area (TPSA) is 72.7 Å². The maximum Gasteiger partial charge on any atom is 0.234 e. The Balaban J connectivity index is 1.60. The van der Waals surface area contributed by atoms with Crippen LogP contribution in [0.4, 0.5) is 5.69 Å². The zero-order valence-electron chi connectivity index (χ0n) is 12.9. The molecule has 0 radical (unpaired) electrons. The number of benzene rings is 1. The molecule has 0 atom stereocenters. The Bertz CT molecular complexity index is 855. The van der Waals surface area contributed by atoms with Gasteiger partial charge in [0.25, 0.3) is 0 Å². The molecule has 1 N–H and O–H groups in total. The Labute approximate surface area is 146 Å². The third kappa shape index (κ3) is 3.60. The Morgan fingerprint density at radius 1 is 1.42 bits per heavy atom. The van der Waals surface area contributed by atoms with Crippen molar-refractivity contribution in [2.24, 2.45) is 0 Å². The summed E-state index contributed by atoms with van der Waals surface area (Å²) in [6.07, 6.45) is 2.56. The molecular formula is C16H15N3O3S2. The van der Waals surface area contributed by atoms with Crippen LogP contribution in [0.2, 0.25) is 0 Å². The predicted octanol–water partition coefficient (Wildman–Crippen LogP) is 3.34. The maximum absolute atomic E-state index is 12.1. The molecule has 0 aliphatic heterocycles. The van der Waals surface area contributed by atoms with Crippen molar-refractivity contribution < 1.29 is 14.3 Å². The second-order valence-corrected chi connectivity index (χ2v) is 6.61. The summed E-state index contributed by atoms with van der Waals surface area (Å²) in [7, 11) is 0. The number of thioether (sulfide) groups is 1. The molecule has 0 bridgehead atoms.